The molecule has 1 fully saturated rings. The minimum Gasteiger partial charge on any atom is -0.460 e. The number of thiocarbonyl (C=S) groups is 1. The molecule has 0 aromatic carbocycles. The van der Waals surface area contributed by atoms with Crippen molar-refractivity contribution in [3.05, 3.63) is 33.1 Å². The molecule has 10 nitrogen and oxygen atoms in total. The summed E-state index contributed by atoms with van der Waals surface area (Å²) in [4.78, 5) is 28.0. The molecule has 2 rings (SSSR count). The van der Waals surface area contributed by atoms with Crippen molar-refractivity contribution in [1.82, 2.24) is 19.1 Å². The van der Waals surface area contributed by atoms with Crippen LogP contribution in [0.3, 0.4) is 0 Å². The third-order valence-corrected chi connectivity index (χ3v) is 7.53. The first-order valence-electron chi connectivity index (χ1n) is 10.7. The second-order valence-electron chi connectivity index (χ2n) is 8.29. The van der Waals surface area contributed by atoms with Crippen molar-refractivity contribution in [2.75, 3.05) is 21.2 Å². The van der Waals surface area contributed by atoms with Crippen LogP contribution in [0.5, 0.6) is 0 Å². The monoisotopic (exact) mass is 490 g/mol. The van der Waals surface area contributed by atoms with E-state index < -0.39 is 38.2 Å². The maximum Gasteiger partial charge on any atom is 0.330 e. The third-order valence-electron chi connectivity index (χ3n) is 5.03. The fourth-order valence-corrected chi connectivity index (χ4v) is 5.34. The summed E-state index contributed by atoms with van der Waals surface area (Å²) >= 11 is 5.39. The van der Waals surface area contributed by atoms with Crippen LogP contribution >= 0.6 is 20.7 Å². The summed E-state index contributed by atoms with van der Waals surface area (Å²) in [5.74, 6) is 0. The van der Waals surface area contributed by atoms with Crippen molar-refractivity contribution in [3.8, 4) is 0 Å². The first kappa shape index (κ1) is 26.9. The molecule has 12 heteroatoms. The van der Waals surface area contributed by atoms with E-state index in [9.17, 15) is 9.59 Å². The van der Waals surface area contributed by atoms with Crippen molar-refractivity contribution in [1.29, 1.82) is 0 Å². The molecule has 0 amide bonds. The van der Waals surface area contributed by atoms with Crippen LogP contribution in [0.2, 0.25) is 0 Å². The number of hydrogen-bond donors (Lipinski definition) is 1. The van der Waals surface area contributed by atoms with E-state index in [0.29, 0.717) is 6.42 Å². The van der Waals surface area contributed by atoms with Gasteiger partial charge in [0, 0.05) is 45.6 Å². The van der Waals surface area contributed by atoms with E-state index >= 15 is 0 Å². The summed E-state index contributed by atoms with van der Waals surface area (Å²) in [6, 6.07) is 1.63. The Hall–Kier alpha value is -1.36. The summed E-state index contributed by atoms with van der Waals surface area (Å²) in [5.41, 5.74) is -1.08. The number of nitrogens with one attached hydrogen (secondary N) is 1. The number of ether oxygens (including phenoxy) is 2. The number of hydrogen-bond acceptors (Lipinski definition) is 8. The van der Waals surface area contributed by atoms with Gasteiger partial charge in [0.15, 0.2) is 12.3 Å². The van der Waals surface area contributed by atoms with Crippen LogP contribution < -0.4 is 11.2 Å². The molecule has 0 bridgehead atoms. The highest BCUT2D eigenvalue weighted by Crippen LogP contribution is 2.50. The number of rotatable bonds is 9. The van der Waals surface area contributed by atoms with Crippen LogP contribution in [-0.2, 0) is 18.5 Å². The number of aromatic amines is 1. The van der Waals surface area contributed by atoms with Gasteiger partial charge in [-0.2, -0.15) is 0 Å². The number of aromatic nitrogens is 2. The lowest BCUT2D eigenvalue weighted by atomic mass is 10.1. The molecule has 1 aromatic heterocycles. The minimum absolute atomic E-state index is 0.184. The zero-order chi connectivity index (χ0) is 24.2. The van der Waals surface area contributed by atoms with Crippen molar-refractivity contribution < 1.29 is 18.5 Å². The molecule has 0 aliphatic carbocycles. The fourth-order valence-electron chi connectivity index (χ4n) is 3.63. The van der Waals surface area contributed by atoms with Gasteiger partial charge in [-0.1, -0.05) is 6.92 Å². The summed E-state index contributed by atoms with van der Waals surface area (Å²) in [6.45, 7) is 10.3. The molecule has 0 radical (unpaired) electrons. The molecule has 1 aliphatic heterocycles. The predicted molar refractivity (Wildman–Crippen MR) is 128 cm³/mol. The van der Waals surface area contributed by atoms with Gasteiger partial charge < -0.3 is 23.4 Å². The molecule has 1 aromatic rings. The van der Waals surface area contributed by atoms with Crippen LogP contribution in [0.25, 0.3) is 0 Å². The highest BCUT2D eigenvalue weighted by atomic mass is 32.1. The predicted octanol–water partition coefficient (Wildman–Crippen LogP) is 2.45. The Labute approximate surface area is 195 Å². The quantitative estimate of drug-likeness (QED) is 0.413. The average Bonchev–Trinajstić information content (AvgIpc) is 3.03. The zero-order valence-corrected chi connectivity index (χ0v) is 21.7. The Morgan fingerprint density at radius 1 is 1.25 bits per heavy atom. The first-order chi connectivity index (χ1) is 15.0. The topological polar surface area (TPSA) is 98.3 Å². The number of nitrogens with zero attached hydrogens (tertiary/aromatic N) is 3. The van der Waals surface area contributed by atoms with Gasteiger partial charge in [-0.25, -0.2) is 9.46 Å². The lowest BCUT2D eigenvalue weighted by Crippen LogP contribution is -2.43. The van der Waals surface area contributed by atoms with E-state index in [0.717, 1.165) is 0 Å². The Balaban J connectivity index is 2.47. The minimum atomic E-state index is -1.44. The molecule has 2 unspecified atom stereocenters. The van der Waals surface area contributed by atoms with Crippen molar-refractivity contribution in [2.45, 2.75) is 77.7 Å². The summed E-state index contributed by atoms with van der Waals surface area (Å²) in [6.07, 6.45) is -0.511. The molecule has 0 saturated carbocycles. The Morgan fingerprint density at radius 2 is 1.88 bits per heavy atom. The SMILES string of the molecule is CC[C@H]1O[C@@H](n2ccc(=O)[nH]c2=O)C(OC(=S)N(C)C)[C@H]1OP(OC)N(C(C)C)C(C)C. The Kier molecular flexibility index (Phi) is 9.81. The van der Waals surface area contributed by atoms with E-state index in [1.807, 2.05) is 6.92 Å². The largest absolute Gasteiger partial charge is 0.460 e. The third kappa shape index (κ3) is 6.15. The van der Waals surface area contributed by atoms with Gasteiger partial charge in [0.1, 0.15) is 6.10 Å². The second kappa shape index (κ2) is 11.7. The molecule has 5 atom stereocenters. The molecule has 1 aliphatic rings. The Morgan fingerprint density at radius 3 is 2.34 bits per heavy atom. The molecule has 0 spiro atoms. The first-order valence-corrected chi connectivity index (χ1v) is 12.2. The van der Waals surface area contributed by atoms with Gasteiger partial charge in [0.2, 0.25) is 0 Å². The van der Waals surface area contributed by atoms with Gasteiger partial charge in [0.25, 0.3) is 19.3 Å². The fraction of sp³-hybridized carbons (Fsp3) is 0.750. The van der Waals surface area contributed by atoms with Crippen LogP contribution in [0, 0.1) is 0 Å². The summed E-state index contributed by atoms with van der Waals surface area (Å²) in [7, 11) is 3.72. The van der Waals surface area contributed by atoms with Gasteiger partial charge in [-0.3, -0.25) is 14.3 Å². The second-order valence-corrected chi connectivity index (χ2v) is 10.2. The van der Waals surface area contributed by atoms with Gasteiger partial charge in [-0.05, 0) is 46.3 Å². The molecule has 182 valence electrons. The Bertz CT molecular complexity index is 868. The smallest absolute Gasteiger partial charge is 0.330 e. The van der Waals surface area contributed by atoms with E-state index in [4.69, 9.17) is 30.7 Å². The standard InChI is InChI=1S/C20H35N4O6PS/c1-9-14-16(30-31(27-8)24(12(2)3)13(4)5)17(29-20(32)22(6)7)18(28-14)23-11-10-15(25)21-19(23)26/h10-14,16-18H,9H2,1-8H3,(H,21,25,26)/t14-,16+,17?,18-,31?/m1/s1. The highest BCUT2D eigenvalue weighted by Gasteiger charge is 2.50. The zero-order valence-electron chi connectivity index (χ0n) is 20.0. The normalized spacial score (nSPS) is 24.3. The number of H-pyrrole nitrogens is 1. The molecule has 2 heterocycles. The molecule has 1 N–H and O–H groups in total. The molecule has 32 heavy (non-hydrogen) atoms. The van der Waals surface area contributed by atoms with Crippen molar-refractivity contribution in [2.24, 2.45) is 0 Å². The molecule has 1 saturated heterocycles. The van der Waals surface area contributed by atoms with E-state index in [1.165, 1.54) is 16.8 Å². The lowest BCUT2D eigenvalue weighted by Gasteiger charge is -2.37. The summed E-state index contributed by atoms with van der Waals surface area (Å²) < 4.78 is 28.1. The molecular formula is C20H35N4O6PS. The highest BCUT2D eigenvalue weighted by molar-refractivity contribution is 7.80. The van der Waals surface area contributed by atoms with Gasteiger partial charge in [0.05, 0.1) is 6.10 Å². The molecular weight excluding hydrogens is 455 g/mol. The van der Waals surface area contributed by atoms with Crippen LogP contribution in [-0.4, -0.2) is 75.9 Å². The van der Waals surface area contributed by atoms with Crippen LogP contribution in [0.1, 0.15) is 47.3 Å². The van der Waals surface area contributed by atoms with Crippen LogP contribution in [0.4, 0.5) is 0 Å². The van der Waals surface area contributed by atoms with Crippen molar-refractivity contribution >= 4 is 25.9 Å². The lowest BCUT2D eigenvalue weighted by molar-refractivity contribution is -0.0386. The van der Waals surface area contributed by atoms with Crippen molar-refractivity contribution in [3.63, 3.8) is 0 Å². The van der Waals surface area contributed by atoms with Crippen LogP contribution in [0.15, 0.2) is 21.9 Å². The summed E-state index contributed by atoms with van der Waals surface area (Å²) in [5, 5.41) is 0.234. The van der Waals surface area contributed by atoms with Gasteiger partial charge in [-0.15, -0.1) is 0 Å². The maximum absolute atomic E-state index is 12.5. The van der Waals surface area contributed by atoms with E-state index in [-0.39, 0.29) is 23.4 Å². The van der Waals surface area contributed by atoms with Gasteiger partial charge >= 0.3 is 5.69 Å². The van der Waals surface area contributed by atoms with E-state index in [2.05, 4.69) is 37.3 Å². The van der Waals surface area contributed by atoms with E-state index in [1.54, 1.807) is 26.1 Å². The maximum atomic E-state index is 12.5. The average molecular weight is 491 g/mol.